The van der Waals surface area contributed by atoms with Gasteiger partial charge in [-0.1, -0.05) is 30.3 Å². The molecule has 0 aromatic heterocycles. The monoisotopic (exact) mass is 404 g/mol. The van der Waals surface area contributed by atoms with Crippen molar-refractivity contribution in [2.75, 3.05) is 19.8 Å². The summed E-state index contributed by atoms with van der Waals surface area (Å²) in [6.45, 7) is 10.8. The first-order valence-corrected chi connectivity index (χ1v) is 10.3. The Morgan fingerprint density at radius 1 is 1.31 bits per heavy atom. The molecule has 0 aliphatic carbocycles. The lowest BCUT2D eigenvalue weighted by Gasteiger charge is -2.28. The van der Waals surface area contributed by atoms with Gasteiger partial charge >= 0.3 is 6.09 Å². The quantitative estimate of drug-likeness (QED) is 0.672. The number of likely N-dealkylation sites (tertiary alicyclic amines) is 1. The zero-order valence-corrected chi connectivity index (χ0v) is 18.0. The van der Waals surface area contributed by atoms with E-state index in [2.05, 4.69) is 0 Å². The van der Waals surface area contributed by atoms with Crippen molar-refractivity contribution in [3.05, 3.63) is 35.9 Å². The summed E-state index contributed by atoms with van der Waals surface area (Å²) in [5.74, 6) is 0.569. The molecule has 0 spiro atoms. The van der Waals surface area contributed by atoms with Crippen LogP contribution in [0.15, 0.2) is 35.3 Å². The minimum Gasteiger partial charge on any atom is -0.477 e. The molecular formula is C22H32N2O5. The molecule has 0 bridgehead atoms. The molecule has 29 heavy (non-hydrogen) atoms. The maximum Gasteiger partial charge on any atom is 0.411 e. The van der Waals surface area contributed by atoms with Gasteiger partial charge in [0.15, 0.2) is 6.29 Å². The van der Waals surface area contributed by atoms with E-state index in [9.17, 15) is 4.79 Å². The summed E-state index contributed by atoms with van der Waals surface area (Å²) in [6, 6.07) is 9.67. The van der Waals surface area contributed by atoms with Gasteiger partial charge in [0.2, 0.25) is 5.90 Å². The molecule has 160 valence electrons. The van der Waals surface area contributed by atoms with Crippen LogP contribution in [-0.4, -0.2) is 60.7 Å². The van der Waals surface area contributed by atoms with E-state index in [-0.39, 0.29) is 30.6 Å². The average Bonchev–Trinajstić information content (AvgIpc) is 3.28. The van der Waals surface area contributed by atoms with Gasteiger partial charge in [-0.2, -0.15) is 0 Å². The number of benzene rings is 1. The summed E-state index contributed by atoms with van der Waals surface area (Å²) < 4.78 is 23.0. The fraction of sp³-hybridized carbons (Fsp3) is 0.636. The van der Waals surface area contributed by atoms with Crippen LogP contribution in [0.3, 0.4) is 0 Å². The average molecular weight is 405 g/mol. The van der Waals surface area contributed by atoms with Crippen LogP contribution in [0.25, 0.3) is 0 Å². The molecule has 1 unspecified atom stereocenters. The summed E-state index contributed by atoms with van der Waals surface area (Å²) in [7, 11) is 0. The Hall–Kier alpha value is -2.12. The highest BCUT2D eigenvalue weighted by Gasteiger charge is 2.44. The Balaban J connectivity index is 1.76. The number of hydrogen-bond donors (Lipinski definition) is 0. The third-order valence-electron chi connectivity index (χ3n) is 4.82. The molecule has 1 aromatic carbocycles. The van der Waals surface area contributed by atoms with Gasteiger partial charge < -0.3 is 18.9 Å². The van der Waals surface area contributed by atoms with Crippen molar-refractivity contribution in [3.63, 3.8) is 0 Å². The largest absolute Gasteiger partial charge is 0.477 e. The molecular weight excluding hydrogens is 372 g/mol. The fourth-order valence-electron chi connectivity index (χ4n) is 3.62. The lowest BCUT2D eigenvalue weighted by molar-refractivity contribution is -0.153. The number of ether oxygens (including phenoxy) is 4. The van der Waals surface area contributed by atoms with Gasteiger partial charge in [-0.3, -0.25) is 4.90 Å². The molecule has 1 amide bonds. The van der Waals surface area contributed by atoms with E-state index in [1.54, 1.807) is 4.90 Å². The van der Waals surface area contributed by atoms with E-state index in [0.717, 1.165) is 5.56 Å². The minimum atomic E-state index is -0.579. The highest BCUT2D eigenvalue weighted by Crippen LogP contribution is 2.30. The van der Waals surface area contributed by atoms with Crippen LogP contribution in [0.1, 0.15) is 52.6 Å². The number of hydrogen-bond acceptors (Lipinski definition) is 6. The second kappa shape index (κ2) is 9.13. The maximum atomic E-state index is 12.8. The second-order valence-electron chi connectivity index (χ2n) is 8.37. The normalized spacial score (nSPS) is 25.5. The molecule has 2 aliphatic rings. The van der Waals surface area contributed by atoms with Crippen LogP contribution in [0, 0.1) is 0 Å². The van der Waals surface area contributed by atoms with Gasteiger partial charge in [0.25, 0.3) is 0 Å². The van der Waals surface area contributed by atoms with Crippen LogP contribution in [0.5, 0.6) is 0 Å². The van der Waals surface area contributed by atoms with E-state index >= 15 is 0 Å². The molecule has 0 N–H and O–H groups in total. The molecule has 0 radical (unpaired) electrons. The zero-order valence-electron chi connectivity index (χ0n) is 18.0. The number of amides is 1. The Morgan fingerprint density at radius 3 is 2.69 bits per heavy atom. The first-order valence-electron chi connectivity index (χ1n) is 10.3. The lowest BCUT2D eigenvalue weighted by atomic mass is 10.1. The Labute approximate surface area is 173 Å². The minimum absolute atomic E-state index is 0.0611. The molecule has 1 saturated heterocycles. The van der Waals surface area contributed by atoms with Gasteiger partial charge in [-0.15, -0.1) is 0 Å². The van der Waals surface area contributed by atoms with Crippen LogP contribution in [0.4, 0.5) is 4.79 Å². The number of nitrogens with zero attached hydrogens (tertiary/aromatic N) is 2. The van der Waals surface area contributed by atoms with E-state index in [0.29, 0.717) is 32.1 Å². The van der Waals surface area contributed by atoms with Crippen LogP contribution < -0.4 is 0 Å². The van der Waals surface area contributed by atoms with Crippen molar-refractivity contribution in [1.29, 1.82) is 0 Å². The number of rotatable bonds is 6. The van der Waals surface area contributed by atoms with Gasteiger partial charge in [-0.05, 0) is 40.2 Å². The van der Waals surface area contributed by atoms with Crippen molar-refractivity contribution in [2.24, 2.45) is 4.99 Å². The van der Waals surface area contributed by atoms with Crippen molar-refractivity contribution in [3.8, 4) is 0 Å². The second-order valence-corrected chi connectivity index (χ2v) is 8.37. The highest BCUT2D eigenvalue weighted by atomic mass is 16.7. The Morgan fingerprint density at radius 2 is 2.03 bits per heavy atom. The molecule has 0 saturated carbocycles. The molecule has 3 rings (SSSR count). The maximum absolute atomic E-state index is 12.8. The van der Waals surface area contributed by atoms with Crippen molar-refractivity contribution in [1.82, 2.24) is 4.90 Å². The number of carbonyl (C=O) groups excluding carboxylic acids is 1. The van der Waals surface area contributed by atoms with Crippen molar-refractivity contribution < 1.29 is 23.7 Å². The molecule has 2 heterocycles. The topological polar surface area (TPSA) is 69.6 Å². The smallest absolute Gasteiger partial charge is 0.411 e. The standard InChI is InChI=1S/C22H32N2O5/c1-6-26-15(2)28-17-12-19(24(13-17)21(25)29-22(3,4)5)20-23-18(14-27-20)16-10-8-7-9-11-16/h7-11,15,17-19H,6,12-14H2,1-5H3/t15?,17-,18+,19+/m1/s1. The lowest BCUT2D eigenvalue weighted by Crippen LogP contribution is -2.43. The third-order valence-corrected chi connectivity index (χ3v) is 4.82. The molecule has 4 atom stereocenters. The molecule has 7 heteroatoms. The first-order chi connectivity index (χ1) is 13.8. The summed E-state index contributed by atoms with van der Waals surface area (Å²) in [5, 5.41) is 0. The fourth-order valence-corrected chi connectivity index (χ4v) is 3.62. The van der Waals surface area contributed by atoms with Gasteiger partial charge in [0.1, 0.15) is 24.3 Å². The summed E-state index contributed by atoms with van der Waals surface area (Å²) >= 11 is 0. The van der Waals surface area contributed by atoms with E-state index in [1.807, 2.05) is 65.0 Å². The highest BCUT2D eigenvalue weighted by molar-refractivity contribution is 5.87. The van der Waals surface area contributed by atoms with Crippen LogP contribution >= 0.6 is 0 Å². The predicted octanol–water partition coefficient (Wildman–Crippen LogP) is 3.93. The molecule has 1 aromatic rings. The first kappa shape index (κ1) is 21.6. The van der Waals surface area contributed by atoms with Crippen LogP contribution in [0.2, 0.25) is 0 Å². The van der Waals surface area contributed by atoms with E-state index in [1.165, 1.54) is 0 Å². The SMILES string of the molecule is CCOC(C)O[C@@H]1C[C@@H](C2=N[C@H](c3ccccc3)CO2)N(C(=O)OC(C)(C)C)C1. The van der Waals surface area contributed by atoms with Gasteiger partial charge in [0.05, 0.1) is 12.6 Å². The Bertz CT molecular complexity index is 716. The van der Waals surface area contributed by atoms with Gasteiger partial charge in [0, 0.05) is 13.0 Å². The van der Waals surface area contributed by atoms with Gasteiger partial charge in [-0.25, -0.2) is 9.79 Å². The summed E-state index contributed by atoms with van der Waals surface area (Å²) in [6.07, 6.45) is -0.298. The molecule has 7 nitrogen and oxygen atoms in total. The molecule has 1 fully saturated rings. The summed E-state index contributed by atoms with van der Waals surface area (Å²) in [5.41, 5.74) is 0.520. The number of carbonyl (C=O) groups is 1. The molecule has 2 aliphatic heterocycles. The Kier molecular flexibility index (Phi) is 6.80. The zero-order chi connectivity index (χ0) is 21.0. The predicted molar refractivity (Wildman–Crippen MR) is 110 cm³/mol. The summed E-state index contributed by atoms with van der Waals surface area (Å²) in [4.78, 5) is 19.3. The van der Waals surface area contributed by atoms with Crippen molar-refractivity contribution >= 4 is 12.0 Å². The number of aliphatic imine (C=N–C) groups is 1. The van der Waals surface area contributed by atoms with E-state index < -0.39 is 5.60 Å². The van der Waals surface area contributed by atoms with Crippen LogP contribution in [-0.2, 0) is 18.9 Å². The van der Waals surface area contributed by atoms with E-state index in [4.69, 9.17) is 23.9 Å². The van der Waals surface area contributed by atoms with Crippen molar-refractivity contribution in [2.45, 2.75) is 71.1 Å². The third kappa shape index (κ3) is 5.70.